The van der Waals surface area contributed by atoms with Crippen LogP contribution in [0.2, 0.25) is 0 Å². The van der Waals surface area contributed by atoms with Crippen molar-refractivity contribution in [1.29, 1.82) is 0 Å². The maximum absolute atomic E-state index is 2.69. The fraction of sp³-hybridized carbons (Fsp3) is 0.0278. The summed E-state index contributed by atoms with van der Waals surface area (Å²) in [6, 6.07) is 98.7. The van der Waals surface area contributed by atoms with E-state index < -0.39 is 0 Å². The SMILES string of the molecule is C1=C(c2cccc(-c3ccccc3)c2)C2c3cc(-c4cccc(-c5ccccc5)c4)ccc3N3c4ccc(-c5cccc(-c6ccccc6)c5)c5c6cc(-c7cccc(-c8ccccc8)c7)ccc6n(c45)C(=C1)C23. The van der Waals surface area contributed by atoms with E-state index in [1.165, 1.54) is 133 Å². The molecule has 2 aliphatic heterocycles. The van der Waals surface area contributed by atoms with E-state index in [4.69, 9.17) is 0 Å². The quantitative estimate of drug-likeness (QED) is 0.147. The van der Waals surface area contributed by atoms with E-state index in [1.54, 1.807) is 0 Å². The Morgan fingerprint density at radius 1 is 0.297 bits per heavy atom. The van der Waals surface area contributed by atoms with Gasteiger partial charge >= 0.3 is 0 Å². The molecule has 2 atom stereocenters. The second-order valence-electron chi connectivity index (χ2n) is 20.0. The minimum Gasteiger partial charge on any atom is -0.329 e. The third kappa shape index (κ3) is 6.80. The van der Waals surface area contributed by atoms with Crippen molar-refractivity contribution in [3.63, 3.8) is 0 Å². The molecule has 2 heteroatoms. The molecule has 3 aliphatic rings. The molecular formula is C72H48N2. The normalized spacial score (nSPS) is 15.2. The first-order chi connectivity index (χ1) is 36.7. The van der Waals surface area contributed by atoms with E-state index in [9.17, 15) is 0 Å². The van der Waals surface area contributed by atoms with Crippen LogP contribution in [0.4, 0.5) is 11.4 Å². The molecule has 0 radical (unpaired) electrons. The molecule has 2 nitrogen and oxygen atoms in total. The van der Waals surface area contributed by atoms with Crippen LogP contribution in [0.5, 0.6) is 0 Å². The standard InChI is InChI=1S/C72H48N2/c1-5-17-47(18-6-1)51-25-13-29-55(41-51)57-33-37-65-63(45-57)69-61(59-31-15-27-53(43-59)49-21-9-3-10-22-49)35-39-67-71(69)73(65)68-40-36-62(60-32-16-28-54(44-60)50-23-11-4-12-24-50)70-64-46-58(34-38-66(64)74(67)72(68)70)56-30-14-26-52(42-56)48-19-7-2-8-20-48/h1-46,69,71H. The van der Waals surface area contributed by atoms with E-state index in [0.29, 0.717) is 0 Å². The minimum absolute atomic E-state index is 0.0112. The zero-order chi connectivity index (χ0) is 48.7. The van der Waals surface area contributed by atoms with Gasteiger partial charge in [-0.15, -0.1) is 0 Å². The molecule has 11 aromatic carbocycles. The lowest BCUT2D eigenvalue weighted by atomic mass is 9.78. The first-order valence-electron chi connectivity index (χ1n) is 25.8. The van der Waals surface area contributed by atoms with Crippen LogP contribution in [0.25, 0.3) is 111 Å². The molecule has 0 saturated heterocycles. The van der Waals surface area contributed by atoms with Crippen molar-refractivity contribution in [1.82, 2.24) is 4.57 Å². The summed E-state index contributed by atoms with van der Waals surface area (Å²) in [6.07, 6.45) is 4.88. The predicted octanol–water partition coefficient (Wildman–Crippen LogP) is 19.0. The molecule has 15 rings (SSSR count). The van der Waals surface area contributed by atoms with Crippen LogP contribution in [0, 0.1) is 0 Å². The van der Waals surface area contributed by atoms with Crippen molar-refractivity contribution < 1.29 is 0 Å². The highest BCUT2D eigenvalue weighted by Crippen LogP contribution is 2.61. The van der Waals surface area contributed by atoms with E-state index in [2.05, 4.69) is 289 Å². The molecule has 346 valence electrons. The average molecular weight is 941 g/mol. The van der Waals surface area contributed by atoms with Gasteiger partial charge in [0, 0.05) is 28.1 Å². The fourth-order valence-electron chi connectivity index (χ4n) is 12.5. The number of hydrogen-bond acceptors (Lipinski definition) is 1. The first kappa shape index (κ1) is 42.2. The smallest absolute Gasteiger partial charge is 0.0857 e. The van der Waals surface area contributed by atoms with Gasteiger partial charge in [-0.3, -0.25) is 0 Å². The summed E-state index contributed by atoms with van der Waals surface area (Å²) in [5.74, 6) is 0.0520. The van der Waals surface area contributed by atoms with E-state index in [-0.39, 0.29) is 12.0 Å². The third-order valence-electron chi connectivity index (χ3n) is 15.9. The highest BCUT2D eigenvalue weighted by molar-refractivity contribution is 6.23. The number of fused-ring (bicyclic) bond motifs is 8. The first-order valence-corrected chi connectivity index (χ1v) is 25.8. The molecule has 0 saturated carbocycles. The second kappa shape index (κ2) is 17.1. The molecule has 0 amide bonds. The lowest BCUT2D eigenvalue weighted by Crippen LogP contribution is -2.38. The molecule has 12 aromatic rings. The van der Waals surface area contributed by atoms with Gasteiger partial charge in [0.1, 0.15) is 0 Å². The molecule has 1 aliphatic carbocycles. The Balaban J connectivity index is 0.976. The Labute approximate surface area is 431 Å². The molecule has 0 spiro atoms. The number of hydrogen-bond donors (Lipinski definition) is 0. The van der Waals surface area contributed by atoms with Gasteiger partial charge in [-0.05, 0) is 155 Å². The minimum atomic E-state index is 0.0112. The van der Waals surface area contributed by atoms with Crippen molar-refractivity contribution >= 4 is 44.5 Å². The van der Waals surface area contributed by atoms with Crippen LogP contribution in [-0.4, -0.2) is 10.6 Å². The van der Waals surface area contributed by atoms with E-state index in [1.807, 2.05) is 0 Å². The lowest BCUT2D eigenvalue weighted by Gasteiger charge is -2.40. The monoisotopic (exact) mass is 940 g/mol. The average Bonchev–Trinajstić information content (AvgIpc) is 4.07. The highest BCUT2D eigenvalue weighted by Gasteiger charge is 2.49. The van der Waals surface area contributed by atoms with Gasteiger partial charge in [-0.1, -0.05) is 218 Å². The van der Waals surface area contributed by atoms with E-state index >= 15 is 0 Å². The highest BCUT2D eigenvalue weighted by atomic mass is 15.3. The van der Waals surface area contributed by atoms with Crippen LogP contribution >= 0.6 is 0 Å². The Morgan fingerprint density at radius 3 is 1.27 bits per heavy atom. The molecular weight excluding hydrogens is 893 g/mol. The zero-order valence-electron chi connectivity index (χ0n) is 40.6. The van der Waals surface area contributed by atoms with Gasteiger partial charge in [-0.25, -0.2) is 0 Å². The Kier molecular flexibility index (Phi) is 9.74. The molecule has 74 heavy (non-hydrogen) atoms. The Hall–Kier alpha value is -9.50. The van der Waals surface area contributed by atoms with Crippen LogP contribution in [0.3, 0.4) is 0 Å². The molecule has 0 fully saturated rings. The van der Waals surface area contributed by atoms with Gasteiger partial charge in [0.25, 0.3) is 0 Å². The second-order valence-corrected chi connectivity index (χ2v) is 20.0. The Morgan fingerprint density at radius 2 is 0.716 bits per heavy atom. The fourth-order valence-corrected chi connectivity index (χ4v) is 12.5. The van der Waals surface area contributed by atoms with Crippen LogP contribution < -0.4 is 4.90 Å². The Bertz CT molecular complexity index is 4240. The van der Waals surface area contributed by atoms with Crippen LogP contribution in [-0.2, 0) is 0 Å². The molecule has 2 unspecified atom stereocenters. The molecule has 0 bridgehead atoms. The topological polar surface area (TPSA) is 8.17 Å². The van der Waals surface area contributed by atoms with Crippen molar-refractivity contribution in [2.75, 3.05) is 4.90 Å². The maximum Gasteiger partial charge on any atom is 0.0857 e. The third-order valence-corrected chi connectivity index (χ3v) is 15.9. The van der Waals surface area contributed by atoms with Gasteiger partial charge in [0.05, 0.1) is 22.8 Å². The van der Waals surface area contributed by atoms with Gasteiger partial charge in [0.15, 0.2) is 0 Å². The summed E-state index contributed by atoms with van der Waals surface area (Å²) in [6.45, 7) is 0. The largest absolute Gasteiger partial charge is 0.329 e. The predicted molar refractivity (Wildman–Crippen MR) is 311 cm³/mol. The van der Waals surface area contributed by atoms with Gasteiger partial charge < -0.3 is 9.47 Å². The summed E-state index contributed by atoms with van der Waals surface area (Å²) in [5.41, 5.74) is 27.2. The lowest BCUT2D eigenvalue weighted by molar-refractivity contribution is 0.737. The van der Waals surface area contributed by atoms with Crippen LogP contribution in [0.15, 0.2) is 279 Å². The zero-order valence-corrected chi connectivity index (χ0v) is 40.6. The maximum atomic E-state index is 2.69. The number of anilines is 2. The number of benzene rings is 11. The van der Waals surface area contributed by atoms with Crippen molar-refractivity contribution in [2.45, 2.75) is 12.0 Å². The summed E-state index contributed by atoms with van der Waals surface area (Å²) >= 11 is 0. The molecule has 1 aromatic heterocycles. The number of aromatic nitrogens is 1. The number of allylic oxidation sites excluding steroid dienone is 2. The summed E-state index contributed by atoms with van der Waals surface area (Å²) in [5, 5.41) is 2.52. The number of rotatable bonds is 8. The van der Waals surface area contributed by atoms with Crippen molar-refractivity contribution in [3.8, 4) is 77.9 Å². The van der Waals surface area contributed by atoms with Crippen molar-refractivity contribution in [2.24, 2.45) is 0 Å². The number of nitrogens with zero attached hydrogens (tertiary/aromatic N) is 2. The van der Waals surface area contributed by atoms with E-state index in [0.717, 1.165) is 0 Å². The van der Waals surface area contributed by atoms with Crippen LogP contribution in [0.1, 0.15) is 17.0 Å². The summed E-state index contributed by atoms with van der Waals surface area (Å²) in [7, 11) is 0. The molecule has 0 N–H and O–H groups in total. The van der Waals surface area contributed by atoms with Crippen molar-refractivity contribution in [3.05, 3.63) is 290 Å². The van der Waals surface area contributed by atoms with Gasteiger partial charge in [-0.2, -0.15) is 0 Å². The summed E-state index contributed by atoms with van der Waals surface area (Å²) in [4.78, 5) is 2.69. The van der Waals surface area contributed by atoms with Gasteiger partial charge in [0.2, 0.25) is 0 Å². The molecule has 3 heterocycles. The summed E-state index contributed by atoms with van der Waals surface area (Å²) < 4.78 is 2.63.